The van der Waals surface area contributed by atoms with Crippen LogP contribution in [0.15, 0.2) is 0 Å². The summed E-state index contributed by atoms with van der Waals surface area (Å²) in [6, 6.07) is 0. The first-order valence-corrected chi connectivity index (χ1v) is 15.2. The fourth-order valence-electron chi connectivity index (χ4n) is 4.69. The van der Waals surface area contributed by atoms with Crippen molar-refractivity contribution in [2.24, 2.45) is 0 Å². The van der Waals surface area contributed by atoms with Gasteiger partial charge in [0.1, 0.15) is 6.23 Å². The molecule has 2 nitrogen and oxygen atoms in total. The second-order valence-electron chi connectivity index (χ2n) is 10.4. The van der Waals surface area contributed by atoms with Crippen LogP contribution >= 0.6 is 0 Å². The first-order chi connectivity index (χ1) is 15.8. The van der Waals surface area contributed by atoms with Gasteiger partial charge in [0.2, 0.25) is 0 Å². The normalized spacial score (nSPS) is 12.5. The predicted molar refractivity (Wildman–Crippen MR) is 145 cm³/mol. The largest absolute Gasteiger partial charge is 0.379 e. The fraction of sp³-hybridized carbons (Fsp3) is 1.00. The first-order valence-electron chi connectivity index (χ1n) is 15.2. The van der Waals surface area contributed by atoms with Crippen molar-refractivity contribution in [3.05, 3.63) is 0 Å². The molecule has 1 atom stereocenters. The number of aliphatic hydroxyl groups excluding tert-OH is 1. The molecule has 0 fully saturated rings. The van der Waals surface area contributed by atoms with E-state index >= 15 is 0 Å². The summed E-state index contributed by atoms with van der Waals surface area (Å²) in [5.74, 6) is 0. The maximum absolute atomic E-state index is 10.1. The molecule has 0 aliphatic rings. The van der Waals surface area contributed by atoms with E-state index in [0.29, 0.717) is 0 Å². The summed E-state index contributed by atoms with van der Waals surface area (Å²) in [5, 5.41) is 13.4. The molecule has 0 aliphatic heterocycles. The molecule has 2 N–H and O–H groups in total. The van der Waals surface area contributed by atoms with Crippen molar-refractivity contribution in [1.82, 2.24) is 5.32 Å². The molecular formula is C30H63NO. The Morgan fingerprint density at radius 1 is 0.406 bits per heavy atom. The average Bonchev–Trinajstić information content (AvgIpc) is 2.80. The summed E-state index contributed by atoms with van der Waals surface area (Å²) >= 11 is 0. The molecule has 0 saturated heterocycles. The van der Waals surface area contributed by atoms with Gasteiger partial charge < -0.3 is 5.11 Å². The highest BCUT2D eigenvalue weighted by Crippen LogP contribution is 2.14. The third-order valence-corrected chi connectivity index (χ3v) is 6.99. The molecule has 1 unspecified atom stereocenters. The second kappa shape index (κ2) is 29.0. The van der Waals surface area contributed by atoms with Crippen molar-refractivity contribution in [2.75, 3.05) is 6.54 Å². The summed E-state index contributed by atoms with van der Waals surface area (Å²) in [6.07, 6.45) is 35.4. The lowest BCUT2D eigenvalue weighted by molar-refractivity contribution is 0.124. The Kier molecular flexibility index (Phi) is 28.9. The Labute approximate surface area is 204 Å². The number of unbranched alkanes of at least 4 members (excludes halogenated alkanes) is 23. The van der Waals surface area contributed by atoms with Crippen molar-refractivity contribution in [1.29, 1.82) is 0 Å². The highest BCUT2D eigenvalue weighted by molar-refractivity contribution is 4.56. The van der Waals surface area contributed by atoms with Crippen LogP contribution in [0.5, 0.6) is 0 Å². The third kappa shape index (κ3) is 28.0. The number of hydrogen-bond acceptors (Lipinski definition) is 2. The van der Waals surface area contributed by atoms with Crippen LogP contribution in [-0.4, -0.2) is 17.9 Å². The zero-order chi connectivity index (χ0) is 23.4. The molecule has 0 spiro atoms. The Morgan fingerprint density at radius 2 is 0.688 bits per heavy atom. The number of hydrogen-bond donors (Lipinski definition) is 2. The van der Waals surface area contributed by atoms with Gasteiger partial charge in [-0.15, -0.1) is 0 Å². The van der Waals surface area contributed by atoms with Gasteiger partial charge >= 0.3 is 0 Å². The average molecular weight is 454 g/mol. The van der Waals surface area contributed by atoms with E-state index in [1.54, 1.807) is 0 Å². The molecule has 0 saturated carbocycles. The van der Waals surface area contributed by atoms with E-state index in [1.165, 1.54) is 161 Å². The van der Waals surface area contributed by atoms with E-state index in [9.17, 15) is 5.11 Å². The van der Waals surface area contributed by atoms with Crippen LogP contribution in [0.1, 0.15) is 181 Å². The highest BCUT2D eigenvalue weighted by atomic mass is 16.3. The fourth-order valence-corrected chi connectivity index (χ4v) is 4.69. The molecule has 0 bridgehead atoms. The van der Waals surface area contributed by atoms with Crippen molar-refractivity contribution in [3.8, 4) is 0 Å². The molecule has 0 aromatic heterocycles. The maximum atomic E-state index is 10.1. The van der Waals surface area contributed by atoms with Crippen LogP contribution in [0.2, 0.25) is 0 Å². The molecule has 32 heavy (non-hydrogen) atoms. The van der Waals surface area contributed by atoms with Gasteiger partial charge in [-0.25, -0.2) is 0 Å². The molecule has 0 radical (unpaired) electrons. The van der Waals surface area contributed by atoms with Crippen LogP contribution in [0.4, 0.5) is 0 Å². The second-order valence-corrected chi connectivity index (χ2v) is 10.4. The summed E-state index contributed by atoms with van der Waals surface area (Å²) < 4.78 is 0. The summed E-state index contributed by atoms with van der Waals surface area (Å²) in [4.78, 5) is 0. The SMILES string of the molecule is CCCCCCCCCCCCCCCNC(O)CCCCCCCCCCCCCC. The van der Waals surface area contributed by atoms with Gasteiger partial charge in [0, 0.05) is 0 Å². The minimum Gasteiger partial charge on any atom is -0.379 e. The lowest BCUT2D eigenvalue weighted by Crippen LogP contribution is -2.29. The monoisotopic (exact) mass is 453 g/mol. The van der Waals surface area contributed by atoms with Crippen molar-refractivity contribution < 1.29 is 5.11 Å². The highest BCUT2D eigenvalue weighted by Gasteiger charge is 2.02. The van der Waals surface area contributed by atoms with E-state index in [1.807, 2.05) is 0 Å². The molecule has 0 aromatic rings. The zero-order valence-electron chi connectivity index (χ0n) is 22.6. The zero-order valence-corrected chi connectivity index (χ0v) is 22.6. The molecule has 194 valence electrons. The molecule has 0 aliphatic carbocycles. The van der Waals surface area contributed by atoms with Crippen molar-refractivity contribution >= 4 is 0 Å². The number of nitrogens with one attached hydrogen (secondary N) is 1. The summed E-state index contributed by atoms with van der Waals surface area (Å²) in [6.45, 7) is 5.56. The molecule has 2 heteroatoms. The maximum Gasteiger partial charge on any atom is 0.104 e. The Bertz CT molecular complexity index is 320. The van der Waals surface area contributed by atoms with Crippen molar-refractivity contribution in [3.63, 3.8) is 0 Å². The van der Waals surface area contributed by atoms with Crippen LogP contribution in [0.3, 0.4) is 0 Å². The van der Waals surface area contributed by atoms with E-state index < -0.39 is 0 Å². The molecule has 0 aromatic carbocycles. The van der Waals surface area contributed by atoms with Crippen LogP contribution < -0.4 is 5.32 Å². The van der Waals surface area contributed by atoms with Crippen LogP contribution in [-0.2, 0) is 0 Å². The Morgan fingerprint density at radius 3 is 1.03 bits per heavy atom. The summed E-state index contributed by atoms with van der Waals surface area (Å²) in [7, 11) is 0. The molecular weight excluding hydrogens is 390 g/mol. The lowest BCUT2D eigenvalue weighted by atomic mass is 10.0. The molecule has 0 heterocycles. The summed E-state index contributed by atoms with van der Waals surface area (Å²) in [5.41, 5.74) is 0. The standard InChI is InChI=1S/C30H63NO/c1-3-5-7-9-11-13-15-17-19-21-23-25-27-29-31-30(32)28-26-24-22-20-18-16-14-12-10-8-6-4-2/h30-32H,3-29H2,1-2H3. The van der Waals surface area contributed by atoms with E-state index in [-0.39, 0.29) is 6.23 Å². The van der Waals surface area contributed by atoms with Gasteiger partial charge in [0.25, 0.3) is 0 Å². The van der Waals surface area contributed by atoms with Crippen LogP contribution in [0, 0.1) is 0 Å². The minimum atomic E-state index is -0.282. The first kappa shape index (κ1) is 31.9. The molecule has 0 amide bonds. The quantitative estimate of drug-likeness (QED) is 0.0912. The van der Waals surface area contributed by atoms with Gasteiger partial charge in [-0.3, -0.25) is 5.32 Å². The van der Waals surface area contributed by atoms with Crippen molar-refractivity contribution in [2.45, 2.75) is 187 Å². The van der Waals surface area contributed by atoms with Gasteiger partial charge in [0.15, 0.2) is 0 Å². The minimum absolute atomic E-state index is 0.282. The van der Waals surface area contributed by atoms with E-state index in [4.69, 9.17) is 0 Å². The number of aliphatic hydroxyl groups is 1. The van der Waals surface area contributed by atoms with Gasteiger partial charge in [-0.2, -0.15) is 0 Å². The smallest absolute Gasteiger partial charge is 0.104 e. The third-order valence-electron chi connectivity index (χ3n) is 6.99. The predicted octanol–water partition coefficient (Wildman–Crippen LogP) is 10.1. The van der Waals surface area contributed by atoms with Crippen LogP contribution in [0.25, 0.3) is 0 Å². The van der Waals surface area contributed by atoms with Gasteiger partial charge in [-0.1, -0.05) is 162 Å². The topological polar surface area (TPSA) is 32.3 Å². The number of rotatable bonds is 28. The van der Waals surface area contributed by atoms with Gasteiger partial charge in [-0.05, 0) is 25.8 Å². The molecule has 0 rings (SSSR count). The van der Waals surface area contributed by atoms with Gasteiger partial charge in [0.05, 0.1) is 0 Å². The Balaban J connectivity index is 3.13. The van der Waals surface area contributed by atoms with E-state index in [0.717, 1.165) is 13.0 Å². The van der Waals surface area contributed by atoms with E-state index in [2.05, 4.69) is 19.2 Å². The Hall–Kier alpha value is -0.0800. The lowest BCUT2D eigenvalue weighted by Gasteiger charge is -2.12.